The number of fused-ring (bicyclic) bond motifs is 6. The molecule has 4 aromatic rings. The van der Waals surface area contributed by atoms with Crippen LogP contribution in [0.5, 0.6) is 0 Å². The van der Waals surface area contributed by atoms with Crippen LogP contribution in [0.25, 0.3) is 5.69 Å². The van der Waals surface area contributed by atoms with E-state index in [9.17, 15) is 4.79 Å². The van der Waals surface area contributed by atoms with E-state index in [1.54, 1.807) is 0 Å². The van der Waals surface area contributed by atoms with Crippen LogP contribution >= 0.6 is 46.9 Å². The zero-order valence-corrected chi connectivity index (χ0v) is 22.0. The molecule has 178 valence electrons. The highest BCUT2D eigenvalue weighted by atomic mass is 35.5. The Bertz CT molecular complexity index is 1520. The van der Waals surface area contributed by atoms with Crippen LogP contribution in [-0.2, 0) is 6.54 Å². The monoisotopic (exact) mass is 538 g/mol. The van der Waals surface area contributed by atoms with Gasteiger partial charge in [-0.2, -0.15) is 5.10 Å². The smallest absolute Gasteiger partial charge is 0.286 e. The molecule has 1 aliphatic heterocycles. The second-order valence-electron chi connectivity index (χ2n) is 9.76. The number of aromatic nitrogens is 4. The Labute approximate surface area is 221 Å². The zero-order valence-electron chi connectivity index (χ0n) is 18.8. The Hall–Kier alpha value is -2.13. The van der Waals surface area contributed by atoms with Crippen molar-refractivity contribution >= 4 is 46.9 Å². The van der Waals surface area contributed by atoms with Crippen LogP contribution in [0.3, 0.4) is 0 Å². The van der Waals surface area contributed by atoms with Crippen molar-refractivity contribution in [1.82, 2.24) is 19.3 Å². The maximum atomic E-state index is 13.5. The van der Waals surface area contributed by atoms with Crippen molar-refractivity contribution in [3.05, 3.63) is 90.3 Å². The molecule has 2 aromatic heterocycles. The third kappa shape index (κ3) is 3.52. The molecule has 2 saturated carbocycles. The van der Waals surface area contributed by atoms with Crippen LogP contribution < -0.4 is 4.87 Å². The zero-order chi connectivity index (χ0) is 23.7. The molecule has 5 atom stereocenters. The molecule has 7 rings (SSSR count). The first-order valence-corrected chi connectivity index (χ1v) is 14.4. The fourth-order valence-electron chi connectivity index (χ4n) is 6.55. The second kappa shape index (κ2) is 8.47. The van der Waals surface area contributed by atoms with Crippen molar-refractivity contribution in [2.45, 2.75) is 42.0 Å². The Morgan fingerprint density at radius 3 is 2.66 bits per heavy atom. The first kappa shape index (κ1) is 22.1. The molecule has 0 spiro atoms. The number of nitrogens with one attached hydrogen (secondary N) is 1. The van der Waals surface area contributed by atoms with Gasteiger partial charge >= 0.3 is 4.87 Å². The number of hydrogen-bond donors (Lipinski definition) is 1. The van der Waals surface area contributed by atoms with Gasteiger partial charge in [-0.25, -0.2) is 0 Å². The summed E-state index contributed by atoms with van der Waals surface area (Å²) in [6.45, 7) is 0.387. The van der Waals surface area contributed by atoms with Crippen molar-refractivity contribution in [3.8, 4) is 5.69 Å². The topological polar surface area (TPSA) is 55.6 Å². The van der Waals surface area contributed by atoms with Crippen LogP contribution in [0.4, 0.5) is 0 Å². The van der Waals surface area contributed by atoms with E-state index < -0.39 is 0 Å². The lowest BCUT2D eigenvalue weighted by molar-refractivity contribution is 0.306. The standard InChI is InChI=1S/C26H23ClN4OS3/c27-17-10-8-14(9-11-17)20-21-15-6-7-16(12-15)22(21)34-24-23(20)35-26(32)30(24)13-19-28-29-25(33)31(19)18-4-2-1-3-5-18/h1-5,8-11,15-16,20-22H,6-7,12-13H2,(H,29,33)/t15-,16-,20-,21-,22+/m0/s1. The van der Waals surface area contributed by atoms with Gasteiger partial charge in [0.2, 0.25) is 0 Å². The molecule has 2 bridgehead atoms. The van der Waals surface area contributed by atoms with E-state index in [0.29, 0.717) is 22.5 Å². The first-order valence-electron chi connectivity index (χ1n) is 12.0. The Kier molecular flexibility index (Phi) is 5.35. The van der Waals surface area contributed by atoms with Crippen LogP contribution in [0, 0.1) is 22.5 Å². The predicted molar refractivity (Wildman–Crippen MR) is 144 cm³/mol. The van der Waals surface area contributed by atoms with Crippen molar-refractivity contribution in [2.75, 3.05) is 0 Å². The van der Waals surface area contributed by atoms with E-state index in [4.69, 9.17) is 23.8 Å². The van der Waals surface area contributed by atoms with Crippen LogP contribution in [0.1, 0.15) is 41.4 Å². The second-order valence-corrected chi connectivity index (χ2v) is 12.7. The Morgan fingerprint density at radius 2 is 1.86 bits per heavy atom. The predicted octanol–water partition coefficient (Wildman–Crippen LogP) is 6.51. The number of benzene rings is 2. The number of rotatable bonds is 4. The molecule has 35 heavy (non-hydrogen) atoms. The highest BCUT2D eigenvalue weighted by Gasteiger charge is 2.55. The van der Waals surface area contributed by atoms with Gasteiger partial charge in [-0.15, -0.1) is 11.8 Å². The van der Waals surface area contributed by atoms with Crippen molar-refractivity contribution in [3.63, 3.8) is 0 Å². The number of thioether (sulfide) groups is 1. The average Bonchev–Trinajstić information content (AvgIpc) is 3.64. The van der Waals surface area contributed by atoms with Gasteiger partial charge in [0.05, 0.1) is 11.6 Å². The van der Waals surface area contributed by atoms with Crippen LogP contribution in [0.2, 0.25) is 5.02 Å². The van der Waals surface area contributed by atoms with Crippen molar-refractivity contribution in [2.24, 2.45) is 17.8 Å². The lowest BCUT2D eigenvalue weighted by Crippen LogP contribution is -2.34. The van der Waals surface area contributed by atoms with Crippen molar-refractivity contribution < 1.29 is 0 Å². The lowest BCUT2D eigenvalue weighted by atomic mass is 9.75. The van der Waals surface area contributed by atoms with E-state index >= 15 is 0 Å². The molecule has 2 aromatic carbocycles. The molecule has 3 aliphatic rings. The average molecular weight is 539 g/mol. The maximum Gasteiger partial charge on any atom is 0.308 e. The first-order chi connectivity index (χ1) is 17.1. The van der Waals surface area contributed by atoms with Gasteiger partial charge in [0.1, 0.15) is 0 Å². The third-order valence-electron chi connectivity index (χ3n) is 7.98. The number of H-pyrrole nitrogens is 1. The summed E-state index contributed by atoms with van der Waals surface area (Å²) >= 11 is 15.1. The lowest BCUT2D eigenvalue weighted by Gasteiger charge is -2.40. The normalized spacial score (nSPS) is 26.6. The van der Waals surface area contributed by atoms with Crippen LogP contribution in [0.15, 0.2) is 64.4 Å². The minimum Gasteiger partial charge on any atom is -0.286 e. The largest absolute Gasteiger partial charge is 0.308 e. The quantitative estimate of drug-likeness (QED) is 0.301. The van der Waals surface area contributed by atoms with Crippen molar-refractivity contribution in [1.29, 1.82) is 0 Å². The molecule has 5 nitrogen and oxygen atoms in total. The number of nitrogens with zero attached hydrogens (tertiary/aromatic N) is 3. The molecule has 0 amide bonds. The maximum absolute atomic E-state index is 13.5. The minimum absolute atomic E-state index is 0.0716. The molecule has 0 radical (unpaired) electrons. The molecule has 2 aliphatic carbocycles. The summed E-state index contributed by atoms with van der Waals surface area (Å²) in [5.74, 6) is 3.05. The molecular formula is C26H23ClN4OS3. The summed E-state index contributed by atoms with van der Waals surface area (Å²) in [6, 6.07) is 18.2. The summed E-state index contributed by atoms with van der Waals surface area (Å²) in [5, 5.41) is 9.86. The van der Waals surface area contributed by atoms with Gasteiger partial charge in [0.15, 0.2) is 10.6 Å². The number of aromatic amines is 1. The van der Waals surface area contributed by atoms with E-state index in [-0.39, 0.29) is 10.8 Å². The molecule has 0 saturated heterocycles. The van der Waals surface area contributed by atoms with Gasteiger partial charge < -0.3 is 0 Å². The number of hydrogen-bond acceptors (Lipinski definition) is 5. The van der Waals surface area contributed by atoms with E-state index in [2.05, 4.69) is 22.3 Å². The minimum atomic E-state index is 0.0716. The van der Waals surface area contributed by atoms with Gasteiger partial charge in [0, 0.05) is 26.8 Å². The highest BCUT2D eigenvalue weighted by Crippen LogP contribution is 2.64. The van der Waals surface area contributed by atoms with E-state index in [0.717, 1.165) is 33.4 Å². The Balaban J connectivity index is 1.35. The molecule has 0 unspecified atom stereocenters. The summed E-state index contributed by atoms with van der Waals surface area (Å²) in [7, 11) is 0. The Morgan fingerprint density at radius 1 is 1.09 bits per heavy atom. The fourth-order valence-corrected chi connectivity index (χ4v) is 10.1. The molecule has 3 heterocycles. The van der Waals surface area contributed by atoms with Gasteiger partial charge in [-0.05, 0) is 79.1 Å². The SMILES string of the molecule is O=c1sc2c(n1Cc1n[nH]c(=S)n1-c1ccccc1)S[C@@H]1[C@H]3CC[C@@H](C3)[C@H]1[C@@H]2c1ccc(Cl)cc1. The summed E-state index contributed by atoms with van der Waals surface area (Å²) < 4.78 is 4.39. The summed E-state index contributed by atoms with van der Waals surface area (Å²) in [6.07, 6.45) is 3.94. The van der Waals surface area contributed by atoms with Gasteiger partial charge in [0.25, 0.3) is 0 Å². The van der Waals surface area contributed by atoms with Gasteiger partial charge in [-0.3, -0.25) is 19.0 Å². The van der Waals surface area contributed by atoms with E-state index in [1.165, 1.54) is 41.0 Å². The van der Waals surface area contributed by atoms with E-state index in [1.807, 2.05) is 63.4 Å². The van der Waals surface area contributed by atoms with Crippen LogP contribution in [-0.4, -0.2) is 24.6 Å². The number of halogens is 1. The number of thiazole rings is 1. The summed E-state index contributed by atoms with van der Waals surface area (Å²) in [5.41, 5.74) is 2.22. The fraction of sp³-hybridized carbons (Fsp3) is 0.346. The summed E-state index contributed by atoms with van der Waals surface area (Å²) in [4.78, 5) is 14.7. The third-order valence-corrected chi connectivity index (χ3v) is 11.3. The van der Waals surface area contributed by atoms with Gasteiger partial charge in [-0.1, -0.05) is 53.3 Å². The molecule has 2 fully saturated rings. The number of para-hydroxylation sites is 1. The molecule has 9 heteroatoms. The highest BCUT2D eigenvalue weighted by molar-refractivity contribution is 8.00. The molecular weight excluding hydrogens is 516 g/mol. The molecule has 1 N–H and O–H groups in total.